The van der Waals surface area contributed by atoms with Crippen LogP contribution in [0, 0.1) is 5.41 Å². The second kappa shape index (κ2) is 6.31. The third-order valence-electron chi connectivity index (χ3n) is 2.64. The molecule has 6 nitrogen and oxygen atoms in total. The molecule has 0 fully saturated rings. The van der Waals surface area contributed by atoms with Crippen LogP contribution < -0.4 is 11.1 Å². The van der Waals surface area contributed by atoms with Gasteiger partial charge in [-0.3, -0.25) is 4.98 Å². The summed E-state index contributed by atoms with van der Waals surface area (Å²) in [4.78, 5) is 8.53. The van der Waals surface area contributed by atoms with Crippen molar-refractivity contribution >= 4 is 40.2 Å². The van der Waals surface area contributed by atoms with E-state index in [1.54, 1.807) is 18.3 Å². The zero-order valence-corrected chi connectivity index (χ0v) is 11.4. The number of allylic oxidation sites excluding steroid dienone is 1. The largest absolute Gasteiger partial charge is 0.398 e. The van der Waals surface area contributed by atoms with Crippen LogP contribution in [0.4, 0.5) is 5.69 Å². The van der Waals surface area contributed by atoms with Crippen LogP contribution in [-0.2, 0) is 0 Å². The SMILES string of the molecule is N=C/C=C(\N)c1cnc2c(NCCO)cc(Cl)nc2c1. The molecule has 0 amide bonds. The molecule has 20 heavy (non-hydrogen) atoms. The van der Waals surface area contributed by atoms with Crippen LogP contribution in [0.3, 0.4) is 0 Å². The highest BCUT2D eigenvalue weighted by Crippen LogP contribution is 2.25. The normalized spacial score (nSPS) is 11.6. The first-order valence-corrected chi connectivity index (χ1v) is 6.31. The summed E-state index contributed by atoms with van der Waals surface area (Å²) in [6, 6.07) is 3.41. The molecule has 0 radical (unpaired) electrons. The van der Waals surface area contributed by atoms with Crippen LogP contribution in [0.15, 0.2) is 24.4 Å². The smallest absolute Gasteiger partial charge is 0.131 e. The standard InChI is InChI=1S/C13H14ClN5O/c14-12-6-10(17-3-4-20)13-11(19-12)5-8(7-18-13)9(16)1-2-15/h1-2,5-7,15,20H,3-4,16H2,(H,17,19)/b9-1-,15-2?. The lowest BCUT2D eigenvalue weighted by atomic mass is 10.1. The van der Waals surface area contributed by atoms with Gasteiger partial charge in [-0.2, -0.15) is 0 Å². The van der Waals surface area contributed by atoms with Gasteiger partial charge in [-0.15, -0.1) is 0 Å². The first-order valence-electron chi connectivity index (χ1n) is 5.93. The van der Waals surface area contributed by atoms with Gasteiger partial charge in [0.1, 0.15) is 10.7 Å². The van der Waals surface area contributed by atoms with Gasteiger partial charge < -0.3 is 21.6 Å². The summed E-state index contributed by atoms with van der Waals surface area (Å²) < 4.78 is 0. The lowest BCUT2D eigenvalue weighted by Crippen LogP contribution is -2.07. The number of aliphatic hydroxyl groups is 1. The average molecular weight is 292 g/mol. The van der Waals surface area contributed by atoms with Crippen molar-refractivity contribution in [3.63, 3.8) is 0 Å². The Bertz CT molecular complexity index is 671. The van der Waals surface area contributed by atoms with Crippen molar-refractivity contribution in [1.29, 1.82) is 5.41 Å². The Morgan fingerprint density at radius 3 is 3.00 bits per heavy atom. The first kappa shape index (κ1) is 14.2. The quantitative estimate of drug-likeness (QED) is 0.495. The van der Waals surface area contributed by atoms with Crippen LogP contribution in [-0.4, -0.2) is 34.4 Å². The van der Waals surface area contributed by atoms with Gasteiger partial charge in [0, 0.05) is 36.3 Å². The van der Waals surface area contributed by atoms with Crippen LogP contribution in [0.2, 0.25) is 5.15 Å². The van der Waals surface area contributed by atoms with E-state index in [1.165, 1.54) is 6.08 Å². The fourth-order valence-corrected chi connectivity index (χ4v) is 1.95. The Morgan fingerprint density at radius 2 is 2.30 bits per heavy atom. The number of aliphatic hydroxyl groups excluding tert-OH is 1. The van der Waals surface area contributed by atoms with Crippen molar-refractivity contribution in [2.75, 3.05) is 18.5 Å². The lowest BCUT2D eigenvalue weighted by molar-refractivity contribution is 0.311. The van der Waals surface area contributed by atoms with E-state index in [2.05, 4.69) is 15.3 Å². The van der Waals surface area contributed by atoms with E-state index in [0.717, 1.165) is 6.21 Å². The summed E-state index contributed by atoms with van der Waals surface area (Å²) in [5.74, 6) is 0. The van der Waals surface area contributed by atoms with E-state index in [4.69, 9.17) is 27.9 Å². The number of nitrogens with two attached hydrogens (primary N) is 1. The molecule has 0 aliphatic carbocycles. The number of fused-ring (bicyclic) bond motifs is 1. The van der Waals surface area contributed by atoms with E-state index in [-0.39, 0.29) is 6.61 Å². The molecule has 2 rings (SSSR count). The van der Waals surface area contributed by atoms with Crippen molar-refractivity contribution in [2.24, 2.45) is 5.73 Å². The molecule has 0 atom stereocenters. The van der Waals surface area contributed by atoms with Crippen molar-refractivity contribution < 1.29 is 5.11 Å². The van der Waals surface area contributed by atoms with Crippen LogP contribution in [0.1, 0.15) is 5.56 Å². The van der Waals surface area contributed by atoms with E-state index >= 15 is 0 Å². The summed E-state index contributed by atoms with van der Waals surface area (Å²) in [6.07, 6.45) is 4.19. The lowest BCUT2D eigenvalue weighted by Gasteiger charge is -2.09. The van der Waals surface area contributed by atoms with Crippen molar-refractivity contribution in [1.82, 2.24) is 9.97 Å². The summed E-state index contributed by atoms with van der Waals surface area (Å²) in [6.45, 7) is 0.406. The predicted molar refractivity (Wildman–Crippen MR) is 81.1 cm³/mol. The molecule has 5 N–H and O–H groups in total. The topological polar surface area (TPSA) is 108 Å². The fourth-order valence-electron chi connectivity index (χ4n) is 1.75. The maximum absolute atomic E-state index is 8.87. The van der Waals surface area contributed by atoms with E-state index in [1.807, 2.05) is 0 Å². The first-order chi connectivity index (χ1) is 9.65. The predicted octanol–water partition coefficient (Wildman–Crippen LogP) is 1.64. The Hall–Kier alpha value is -2.18. The molecule has 0 saturated heterocycles. The van der Waals surface area contributed by atoms with Gasteiger partial charge in [0.2, 0.25) is 0 Å². The Labute approximate surface area is 120 Å². The minimum absolute atomic E-state index is 0.00847. The molecule has 2 aromatic heterocycles. The number of nitrogens with one attached hydrogen (secondary N) is 2. The molecule has 0 bridgehead atoms. The van der Waals surface area contributed by atoms with E-state index in [9.17, 15) is 0 Å². The molecule has 2 aromatic rings. The molecule has 0 saturated carbocycles. The molecule has 0 aliphatic rings. The summed E-state index contributed by atoms with van der Waals surface area (Å²) in [5, 5.41) is 19.2. The Morgan fingerprint density at radius 1 is 1.50 bits per heavy atom. The van der Waals surface area contributed by atoms with Crippen molar-refractivity contribution in [3.8, 4) is 0 Å². The summed E-state index contributed by atoms with van der Waals surface area (Å²) in [7, 11) is 0. The van der Waals surface area contributed by atoms with Gasteiger partial charge in [0.25, 0.3) is 0 Å². The maximum atomic E-state index is 8.87. The number of hydrogen-bond donors (Lipinski definition) is 4. The highest BCUT2D eigenvalue weighted by molar-refractivity contribution is 6.30. The monoisotopic (exact) mass is 291 g/mol. The van der Waals surface area contributed by atoms with Crippen LogP contribution in [0.5, 0.6) is 0 Å². The number of rotatable bonds is 5. The second-order valence-electron chi connectivity index (χ2n) is 4.02. The highest BCUT2D eigenvalue weighted by Gasteiger charge is 2.08. The number of nitrogens with zero attached hydrogens (tertiary/aromatic N) is 2. The van der Waals surface area contributed by atoms with Crippen LogP contribution in [0.25, 0.3) is 16.7 Å². The van der Waals surface area contributed by atoms with Gasteiger partial charge >= 0.3 is 0 Å². The van der Waals surface area contributed by atoms with Gasteiger partial charge in [-0.1, -0.05) is 11.6 Å². The highest BCUT2D eigenvalue weighted by atomic mass is 35.5. The molecule has 104 valence electrons. The van der Waals surface area contributed by atoms with Crippen LogP contribution >= 0.6 is 11.6 Å². The molecule has 0 spiro atoms. The third kappa shape index (κ3) is 3.04. The Balaban J connectivity index is 2.52. The molecule has 7 heteroatoms. The number of anilines is 1. The summed E-state index contributed by atoms with van der Waals surface area (Å²) >= 11 is 5.97. The van der Waals surface area contributed by atoms with Gasteiger partial charge in [-0.05, 0) is 12.1 Å². The summed E-state index contributed by atoms with van der Waals surface area (Å²) in [5.41, 5.74) is 8.86. The number of pyridine rings is 2. The number of aromatic nitrogens is 2. The minimum Gasteiger partial charge on any atom is -0.398 e. The second-order valence-corrected chi connectivity index (χ2v) is 4.41. The van der Waals surface area contributed by atoms with Crippen molar-refractivity contribution in [2.45, 2.75) is 0 Å². The van der Waals surface area contributed by atoms with E-state index in [0.29, 0.717) is 39.7 Å². The van der Waals surface area contributed by atoms with Gasteiger partial charge in [0.15, 0.2) is 0 Å². The molecule has 2 heterocycles. The number of hydrogen-bond acceptors (Lipinski definition) is 6. The van der Waals surface area contributed by atoms with E-state index < -0.39 is 0 Å². The average Bonchev–Trinajstić information content (AvgIpc) is 2.44. The maximum Gasteiger partial charge on any atom is 0.131 e. The molecular formula is C13H14ClN5O. The third-order valence-corrected chi connectivity index (χ3v) is 2.83. The molecule has 0 aromatic carbocycles. The van der Waals surface area contributed by atoms with Crippen molar-refractivity contribution in [3.05, 3.63) is 35.1 Å². The zero-order chi connectivity index (χ0) is 14.5. The molecular weight excluding hydrogens is 278 g/mol. The minimum atomic E-state index is 0.00847. The number of halogens is 1. The zero-order valence-electron chi connectivity index (χ0n) is 10.6. The molecule has 0 aliphatic heterocycles. The molecule has 0 unspecified atom stereocenters. The van der Waals surface area contributed by atoms with Gasteiger partial charge in [0.05, 0.1) is 17.8 Å². The van der Waals surface area contributed by atoms with Gasteiger partial charge in [-0.25, -0.2) is 4.98 Å². The Kier molecular flexibility index (Phi) is 4.49. The fraction of sp³-hybridized carbons (Fsp3) is 0.154.